The first-order chi connectivity index (χ1) is 26.2. The summed E-state index contributed by atoms with van der Waals surface area (Å²) >= 11 is 0. The smallest absolute Gasteiger partial charge is 0.329 e. The largest absolute Gasteiger partial charge is 0.456 e. The number of likely N-dealkylation sites (N-methyl/N-ethyl adjacent to an activating group) is 2. The van der Waals surface area contributed by atoms with E-state index in [-0.39, 0.29) is 53.8 Å². The van der Waals surface area contributed by atoms with Crippen LogP contribution in [0.4, 0.5) is 0 Å². The number of nitrogens with one attached hydrogen (secondary N) is 1. The summed E-state index contributed by atoms with van der Waals surface area (Å²) in [7, 11) is 3.83. The summed E-state index contributed by atoms with van der Waals surface area (Å²) in [5, 5.41) is 3.16. The normalized spacial score (nSPS) is 22.7. The molecule has 10 heteroatoms. The summed E-state index contributed by atoms with van der Waals surface area (Å²) in [5.74, 6) is -0.374. The summed E-state index contributed by atoms with van der Waals surface area (Å²) in [4.78, 5) is 64.1. The molecule has 4 rings (SSSR count). The Labute approximate surface area is 333 Å². The van der Waals surface area contributed by atoms with Crippen LogP contribution < -0.4 is 5.32 Å². The van der Waals surface area contributed by atoms with Crippen LogP contribution in [-0.4, -0.2) is 114 Å². The van der Waals surface area contributed by atoms with E-state index in [1.165, 1.54) is 32.1 Å². The highest BCUT2D eigenvalue weighted by Gasteiger charge is 2.44. The molecule has 3 aliphatic heterocycles. The predicted octanol–water partition coefficient (Wildman–Crippen LogP) is 7.37. The molecule has 3 aliphatic rings. The molecule has 0 bridgehead atoms. The van der Waals surface area contributed by atoms with Gasteiger partial charge in [-0.2, -0.15) is 0 Å². The van der Waals surface area contributed by atoms with Crippen molar-refractivity contribution in [1.29, 1.82) is 0 Å². The van der Waals surface area contributed by atoms with E-state index in [4.69, 9.17) is 4.74 Å². The van der Waals surface area contributed by atoms with Gasteiger partial charge in [-0.1, -0.05) is 117 Å². The van der Waals surface area contributed by atoms with Gasteiger partial charge in [0.2, 0.25) is 17.7 Å². The van der Waals surface area contributed by atoms with Crippen LogP contribution in [0.1, 0.15) is 150 Å². The molecule has 6 atom stereocenters. The van der Waals surface area contributed by atoms with Crippen molar-refractivity contribution in [1.82, 2.24) is 24.9 Å². The number of rotatable bonds is 19. The van der Waals surface area contributed by atoms with Crippen molar-refractivity contribution in [2.24, 2.45) is 11.3 Å². The molecule has 1 unspecified atom stereocenters. The number of likely N-dealkylation sites (tertiary alicyclic amines) is 3. The SMILES string of the molecule is CCCCCCCCC[C@H](OC(=O)[C@@H]1CCCN1C(=O)[C@@H]1CCCN1C[C@H](C(C)C)N(C)C(=O)[C@@H](NC(=O)C1CCCCN1C)C(C)(C)C)c1ccccc1. The minimum atomic E-state index is -0.681. The summed E-state index contributed by atoms with van der Waals surface area (Å²) in [6.07, 6.45) is 14.7. The molecule has 3 heterocycles. The van der Waals surface area contributed by atoms with Crippen LogP contribution in [0, 0.1) is 11.3 Å². The van der Waals surface area contributed by atoms with Gasteiger partial charge in [-0.25, -0.2) is 4.79 Å². The van der Waals surface area contributed by atoms with Crippen LogP contribution in [-0.2, 0) is 23.9 Å². The van der Waals surface area contributed by atoms with Crippen molar-refractivity contribution < 1.29 is 23.9 Å². The number of piperidine rings is 1. The van der Waals surface area contributed by atoms with E-state index in [9.17, 15) is 19.2 Å². The summed E-state index contributed by atoms with van der Waals surface area (Å²) in [5.41, 5.74) is 0.516. The van der Waals surface area contributed by atoms with Gasteiger partial charge in [-0.05, 0) is 88.4 Å². The molecule has 3 saturated heterocycles. The average molecular weight is 766 g/mol. The predicted molar refractivity (Wildman–Crippen MR) is 220 cm³/mol. The monoisotopic (exact) mass is 766 g/mol. The van der Waals surface area contributed by atoms with Gasteiger partial charge < -0.3 is 19.9 Å². The Balaban J connectivity index is 1.41. The molecule has 0 radical (unpaired) electrons. The van der Waals surface area contributed by atoms with E-state index in [1.54, 1.807) is 4.90 Å². The van der Waals surface area contributed by atoms with E-state index in [1.807, 2.05) is 70.1 Å². The third-order valence-corrected chi connectivity index (χ3v) is 12.5. The number of hydrogen-bond donors (Lipinski definition) is 1. The van der Waals surface area contributed by atoms with Crippen LogP contribution in [0.15, 0.2) is 30.3 Å². The van der Waals surface area contributed by atoms with E-state index in [2.05, 4.69) is 35.9 Å². The van der Waals surface area contributed by atoms with Gasteiger partial charge in [0.1, 0.15) is 18.2 Å². The van der Waals surface area contributed by atoms with E-state index < -0.39 is 17.5 Å². The van der Waals surface area contributed by atoms with Gasteiger partial charge in [0.25, 0.3) is 0 Å². The lowest BCUT2D eigenvalue weighted by Crippen LogP contribution is -2.61. The maximum absolute atomic E-state index is 14.4. The number of benzene rings is 1. The quantitative estimate of drug-likeness (QED) is 0.116. The first-order valence-electron chi connectivity index (χ1n) is 21.8. The second-order valence-electron chi connectivity index (χ2n) is 18.1. The zero-order valence-corrected chi connectivity index (χ0v) is 35.7. The zero-order valence-electron chi connectivity index (χ0n) is 35.7. The first kappa shape index (κ1) is 44.7. The topological polar surface area (TPSA) is 102 Å². The van der Waals surface area contributed by atoms with Crippen LogP contribution in [0.5, 0.6) is 0 Å². The molecule has 10 nitrogen and oxygen atoms in total. The van der Waals surface area contributed by atoms with Crippen molar-refractivity contribution in [3.05, 3.63) is 35.9 Å². The Morgan fingerprint density at radius 3 is 2.13 bits per heavy atom. The number of hydrogen-bond acceptors (Lipinski definition) is 7. The second kappa shape index (κ2) is 21.5. The van der Waals surface area contributed by atoms with Gasteiger partial charge >= 0.3 is 5.97 Å². The molecular weight excluding hydrogens is 691 g/mol. The van der Waals surface area contributed by atoms with Crippen LogP contribution in [0.25, 0.3) is 0 Å². The average Bonchev–Trinajstić information content (AvgIpc) is 3.85. The summed E-state index contributed by atoms with van der Waals surface area (Å²) in [6, 6.07) is 8.02. The summed E-state index contributed by atoms with van der Waals surface area (Å²) < 4.78 is 6.29. The molecule has 55 heavy (non-hydrogen) atoms. The van der Waals surface area contributed by atoms with Gasteiger partial charge in [-0.3, -0.25) is 24.2 Å². The number of esters is 1. The third kappa shape index (κ3) is 12.5. The fourth-order valence-electron chi connectivity index (χ4n) is 8.94. The first-order valence-corrected chi connectivity index (χ1v) is 21.8. The van der Waals surface area contributed by atoms with Gasteiger partial charge in [0.15, 0.2) is 0 Å². The fraction of sp³-hybridized carbons (Fsp3) is 0.778. The number of amides is 3. The Morgan fingerprint density at radius 2 is 1.47 bits per heavy atom. The highest BCUT2D eigenvalue weighted by atomic mass is 16.5. The Hall–Kier alpha value is -2.98. The molecule has 0 spiro atoms. The molecule has 0 aliphatic carbocycles. The van der Waals surface area contributed by atoms with Gasteiger partial charge in [0.05, 0.1) is 12.1 Å². The number of carbonyl (C=O) groups is 4. The van der Waals surface area contributed by atoms with Crippen molar-refractivity contribution in [2.75, 3.05) is 40.3 Å². The number of ether oxygens (including phenoxy) is 1. The minimum Gasteiger partial charge on any atom is -0.456 e. The lowest BCUT2D eigenvalue weighted by atomic mass is 9.84. The molecular formula is C45H75N5O5. The fourth-order valence-corrected chi connectivity index (χ4v) is 8.94. The van der Waals surface area contributed by atoms with Crippen molar-refractivity contribution in [3.8, 4) is 0 Å². The standard InChI is InChI=1S/C45H75N5O5/c1-9-10-11-12-13-14-18-28-39(34-23-16-15-17-24-34)55-44(54)37-27-22-31-50(37)42(52)36-26-21-30-49(36)32-38(33(2)3)48(8)43(53)40(45(4,5)6)46-41(51)35-25-19-20-29-47(35)7/h15-17,23-24,33,35-40H,9-14,18-22,25-32H2,1-8H3,(H,46,51)/t35?,36-,37-,38+,39-,40+/m0/s1. The van der Waals surface area contributed by atoms with Gasteiger partial charge in [0, 0.05) is 26.2 Å². The number of nitrogens with zero attached hydrogens (tertiary/aromatic N) is 4. The van der Waals surface area contributed by atoms with Crippen LogP contribution in [0.2, 0.25) is 0 Å². The number of carbonyl (C=O) groups excluding carboxylic acids is 4. The molecule has 310 valence electrons. The Kier molecular flexibility index (Phi) is 17.5. The van der Waals surface area contributed by atoms with Crippen LogP contribution in [0.3, 0.4) is 0 Å². The van der Waals surface area contributed by atoms with E-state index >= 15 is 0 Å². The van der Waals surface area contributed by atoms with E-state index in [0.29, 0.717) is 19.5 Å². The maximum Gasteiger partial charge on any atom is 0.329 e. The lowest BCUT2D eigenvalue weighted by molar-refractivity contribution is -0.160. The number of unbranched alkanes of at least 4 members (excludes halogenated alkanes) is 6. The molecule has 0 aromatic heterocycles. The molecule has 3 fully saturated rings. The highest BCUT2D eigenvalue weighted by molar-refractivity contribution is 5.91. The highest BCUT2D eigenvalue weighted by Crippen LogP contribution is 2.31. The Morgan fingerprint density at radius 1 is 0.836 bits per heavy atom. The third-order valence-electron chi connectivity index (χ3n) is 12.5. The van der Waals surface area contributed by atoms with Gasteiger partial charge in [-0.15, -0.1) is 0 Å². The second-order valence-corrected chi connectivity index (χ2v) is 18.1. The molecule has 1 N–H and O–H groups in total. The van der Waals surface area contributed by atoms with Crippen molar-refractivity contribution >= 4 is 23.7 Å². The minimum absolute atomic E-state index is 0.00629. The van der Waals surface area contributed by atoms with E-state index in [0.717, 1.165) is 76.4 Å². The molecule has 0 saturated carbocycles. The molecule has 1 aromatic carbocycles. The zero-order chi connectivity index (χ0) is 40.1. The van der Waals surface area contributed by atoms with Crippen molar-refractivity contribution in [3.63, 3.8) is 0 Å². The maximum atomic E-state index is 14.4. The Bertz CT molecular complexity index is 1360. The van der Waals surface area contributed by atoms with Crippen molar-refractivity contribution in [2.45, 2.75) is 174 Å². The molecule has 3 amide bonds. The molecule has 1 aromatic rings. The lowest BCUT2D eigenvalue weighted by Gasteiger charge is -2.41. The summed E-state index contributed by atoms with van der Waals surface area (Å²) in [6.45, 7) is 15.2. The van der Waals surface area contributed by atoms with Crippen LogP contribution >= 0.6 is 0 Å².